The minimum Gasteiger partial charge on any atom is -0.493 e. The minimum absolute atomic E-state index is 0.0146. The molecule has 0 bridgehead atoms. The summed E-state index contributed by atoms with van der Waals surface area (Å²) in [7, 11) is 0.498. The van der Waals surface area contributed by atoms with Gasteiger partial charge in [0.15, 0.2) is 23.0 Å². The van der Waals surface area contributed by atoms with E-state index in [0.717, 1.165) is 0 Å². The van der Waals surface area contributed by atoms with Crippen LogP contribution in [0.5, 0.6) is 23.0 Å². The Balaban J connectivity index is 2.22. The molecule has 0 spiro atoms. The zero-order chi connectivity index (χ0) is 21.4. The van der Waals surface area contributed by atoms with Gasteiger partial charge in [0.1, 0.15) is 6.61 Å². The monoisotopic (exact) mass is 484 g/mol. The van der Waals surface area contributed by atoms with Crippen LogP contribution in [0.4, 0.5) is 0 Å². The number of benzene rings is 2. The maximum Gasteiger partial charge on any atom is 0.276 e. The van der Waals surface area contributed by atoms with Crippen LogP contribution in [0.15, 0.2) is 57.5 Å². The highest BCUT2D eigenvalue weighted by molar-refractivity contribution is 9.10. The number of methoxy groups -OCH3 is 3. The van der Waals surface area contributed by atoms with E-state index in [1.165, 1.54) is 45.7 Å². The van der Waals surface area contributed by atoms with Gasteiger partial charge < -0.3 is 18.9 Å². The Bertz CT molecular complexity index is 1010. The quantitative estimate of drug-likeness (QED) is 0.315. The lowest BCUT2D eigenvalue weighted by molar-refractivity contribution is 0.324. The summed E-state index contributed by atoms with van der Waals surface area (Å²) in [5.41, 5.74) is 0.592. The fourth-order valence-electron chi connectivity index (χ4n) is 2.30. The van der Waals surface area contributed by atoms with Crippen molar-refractivity contribution in [3.8, 4) is 23.0 Å². The molecule has 2 aromatic rings. The van der Waals surface area contributed by atoms with Crippen molar-refractivity contribution in [2.75, 3.05) is 27.9 Å². The van der Waals surface area contributed by atoms with Crippen LogP contribution in [0.1, 0.15) is 5.56 Å². The third kappa shape index (κ3) is 5.64. The van der Waals surface area contributed by atoms with Crippen LogP contribution in [0.3, 0.4) is 0 Å². The molecule has 0 saturated carbocycles. The van der Waals surface area contributed by atoms with Crippen molar-refractivity contribution in [2.24, 2.45) is 5.10 Å². The van der Waals surface area contributed by atoms with E-state index < -0.39 is 10.0 Å². The molecule has 0 saturated heterocycles. The van der Waals surface area contributed by atoms with Crippen LogP contribution in [0, 0.1) is 0 Å². The van der Waals surface area contributed by atoms with Gasteiger partial charge in [-0.1, -0.05) is 12.7 Å². The predicted octanol–water partition coefficient (Wildman–Crippen LogP) is 3.35. The van der Waals surface area contributed by atoms with E-state index in [1.54, 1.807) is 18.2 Å². The van der Waals surface area contributed by atoms with Gasteiger partial charge in [0.05, 0.1) is 36.9 Å². The Morgan fingerprint density at radius 2 is 1.76 bits per heavy atom. The second-order valence-corrected chi connectivity index (χ2v) is 8.02. The highest BCUT2D eigenvalue weighted by Gasteiger charge is 2.16. The zero-order valence-corrected chi connectivity index (χ0v) is 18.5. The molecule has 2 aromatic carbocycles. The topological polar surface area (TPSA) is 95.5 Å². The summed E-state index contributed by atoms with van der Waals surface area (Å²) < 4.78 is 46.7. The maximum atomic E-state index is 12.5. The molecule has 10 heteroatoms. The number of rotatable bonds is 10. The fraction of sp³-hybridized carbons (Fsp3) is 0.211. The molecule has 29 heavy (non-hydrogen) atoms. The van der Waals surface area contributed by atoms with Gasteiger partial charge in [-0.2, -0.15) is 13.5 Å². The smallest absolute Gasteiger partial charge is 0.276 e. The molecule has 8 nitrogen and oxygen atoms in total. The van der Waals surface area contributed by atoms with Gasteiger partial charge in [0.2, 0.25) is 0 Å². The average molecular weight is 485 g/mol. The van der Waals surface area contributed by atoms with E-state index in [-0.39, 0.29) is 4.90 Å². The zero-order valence-electron chi connectivity index (χ0n) is 16.1. The largest absolute Gasteiger partial charge is 0.493 e. The van der Waals surface area contributed by atoms with E-state index in [0.29, 0.717) is 39.6 Å². The normalized spacial score (nSPS) is 11.2. The number of nitrogens with one attached hydrogen (secondary N) is 1. The van der Waals surface area contributed by atoms with E-state index in [2.05, 4.69) is 32.4 Å². The molecule has 1 N–H and O–H groups in total. The van der Waals surface area contributed by atoms with Crippen molar-refractivity contribution in [1.29, 1.82) is 0 Å². The van der Waals surface area contributed by atoms with Gasteiger partial charge >= 0.3 is 0 Å². The molecule has 156 valence electrons. The van der Waals surface area contributed by atoms with Crippen molar-refractivity contribution in [1.82, 2.24) is 4.83 Å². The van der Waals surface area contributed by atoms with E-state index >= 15 is 0 Å². The van der Waals surface area contributed by atoms with Gasteiger partial charge in [-0.3, -0.25) is 0 Å². The molecule has 0 atom stereocenters. The highest BCUT2D eigenvalue weighted by Crippen LogP contribution is 2.36. The second-order valence-electron chi connectivity index (χ2n) is 5.50. The van der Waals surface area contributed by atoms with E-state index in [4.69, 9.17) is 18.9 Å². The third-order valence-corrected chi connectivity index (χ3v) is 5.46. The number of hydrogen-bond acceptors (Lipinski definition) is 7. The molecule has 0 amide bonds. The van der Waals surface area contributed by atoms with Crippen molar-refractivity contribution in [3.05, 3.63) is 53.0 Å². The SMILES string of the molecule is C=CCOc1c(Br)cc(/C=N\NS(=O)(=O)c2ccc(OC)c(OC)c2)cc1OC. The van der Waals surface area contributed by atoms with Crippen LogP contribution < -0.4 is 23.8 Å². The summed E-state index contributed by atoms with van der Waals surface area (Å²) in [5.74, 6) is 1.69. The number of halogens is 1. The molecule has 2 rings (SSSR count). The van der Waals surface area contributed by atoms with Gasteiger partial charge in [0, 0.05) is 6.07 Å². The first-order chi connectivity index (χ1) is 13.9. The molecular formula is C19H21BrN2O6S. The lowest BCUT2D eigenvalue weighted by atomic mass is 10.2. The molecule has 0 aliphatic carbocycles. The number of nitrogens with zero attached hydrogens (tertiary/aromatic N) is 1. The number of hydrogen-bond donors (Lipinski definition) is 1. The molecule has 0 unspecified atom stereocenters. The molecule has 0 aliphatic rings. The Kier molecular flexibility index (Phi) is 7.91. The Morgan fingerprint density at radius 1 is 1.07 bits per heavy atom. The van der Waals surface area contributed by atoms with Crippen LogP contribution >= 0.6 is 15.9 Å². The van der Waals surface area contributed by atoms with Crippen LogP contribution in [0.2, 0.25) is 0 Å². The van der Waals surface area contributed by atoms with Crippen molar-refractivity contribution in [3.63, 3.8) is 0 Å². The molecule has 0 radical (unpaired) electrons. The van der Waals surface area contributed by atoms with Crippen LogP contribution in [0.25, 0.3) is 0 Å². The molecule has 0 fully saturated rings. The minimum atomic E-state index is -3.90. The summed E-state index contributed by atoms with van der Waals surface area (Å²) in [5, 5.41) is 3.83. The Labute approximate surface area is 178 Å². The summed E-state index contributed by atoms with van der Waals surface area (Å²) in [6.45, 7) is 3.92. The summed E-state index contributed by atoms with van der Waals surface area (Å²) in [6.07, 6.45) is 2.97. The van der Waals surface area contributed by atoms with Crippen molar-refractivity contribution in [2.45, 2.75) is 4.90 Å². The van der Waals surface area contributed by atoms with Crippen LogP contribution in [-0.2, 0) is 10.0 Å². The van der Waals surface area contributed by atoms with Crippen molar-refractivity contribution >= 4 is 32.2 Å². The van der Waals surface area contributed by atoms with Gasteiger partial charge in [-0.15, -0.1) is 0 Å². The van der Waals surface area contributed by atoms with E-state index in [1.807, 2.05) is 0 Å². The first kappa shape index (κ1) is 22.6. The number of hydrazone groups is 1. The first-order valence-electron chi connectivity index (χ1n) is 8.24. The van der Waals surface area contributed by atoms with Crippen molar-refractivity contribution < 1.29 is 27.4 Å². The summed E-state index contributed by atoms with van der Waals surface area (Å²) >= 11 is 3.40. The lowest BCUT2D eigenvalue weighted by Gasteiger charge is -2.12. The summed E-state index contributed by atoms with van der Waals surface area (Å²) in [4.78, 5) is 2.15. The third-order valence-electron chi connectivity index (χ3n) is 3.65. The fourth-order valence-corrected chi connectivity index (χ4v) is 3.68. The Morgan fingerprint density at radius 3 is 2.38 bits per heavy atom. The Hall–Kier alpha value is -2.72. The average Bonchev–Trinajstić information content (AvgIpc) is 2.71. The lowest BCUT2D eigenvalue weighted by Crippen LogP contribution is -2.18. The van der Waals surface area contributed by atoms with E-state index in [9.17, 15) is 8.42 Å². The molecule has 0 heterocycles. The molecular weight excluding hydrogens is 464 g/mol. The standard InChI is InChI=1S/C19H21BrN2O6S/c1-5-8-28-19-15(20)9-13(10-18(19)27-4)12-21-22-29(23,24)14-6-7-16(25-2)17(11-14)26-3/h5-7,9-12,22H,1,8H2,2-4H3/b21-12-. The van der Waals surface area contributed by atoms with Gasteiger partial charge in [-0.25, -0.2) is 4.83 Å². The van der Waals surface area contributed by atoms with Gasteiger partial charge in [-0.05, 0) is 45.8 Å². The number of ether oxygens (including phenoxy) is 4. The first-order valence-corrected chi connectivity index (χ1v) is 10.5. The maximum absolute atomic E-state index is 12.5. The predicted molar refractivity (Wildman–Crippen MR) is 114 cm³/mol. The molecule has 0 aliphatic heterocycles. The van der Waals surface area contributed by atoms with Gasteiger partial charge in [0.25, 0.3) is 10.0 Å². The highest BCUT2D eigenvalue weighted by atomic mass is 79.9. The van der Waals surface area contributed by atoms with Crippen LogP contribution in [-0.4, -0.2) is 42.6 Å². The second kappa shape index (κ2) is 10.2. The molecule has 0 aromatic heterocycles. The number of sulfonamides is 1. The summed E-state index contributed by atoms with van der Waals surface area (Å²) in [6, 6.07) is 7.63.